The summed E-state index contributed by atoms with van der Waals surface area (Å²) in [5.41, 5.74) is 6.38. The molecule has 1 rings (SSSR count). The van der Waals surface area contributed by atoms with Crippen molar-refractivity contribution in [2.45, 2.75) is 77.5 Å². The highest BCUT2D eigenvalue weighted by Crippen LogP contribution is 2.09. The third-order valence-electron chi connectivity index (χ3n) is 5.51. The van der Waals surface area contributed by atoms with E-state index in [1.807, 2.05) is 6.92 Å². The number of hydrogen-bond acceptors (Lipinski definition) is 7. The lowest BCUT2D eigenvalue weighted by atomic mass is 9.98. The zero-order valence-electron chi connectivity index (χ0n) is 20.4. The Balaban J connectivity index is 3.00. The van der Waals surface area contributed by atoms with Gasteiger partial charge in [-0.2, -0.15) is 0 Å². The fraction of sp³-hybridized carbons (Fsp3) is 0.636. The van der Waals surface area contributed by atoms with Crippen molar-refractivity contribution in [2.75, 3.05) is 0 Å². The summed E-state index contributed by atoms with van der Waals surface area (Å²) in [6.45, 7) is 7.19. The van der Waals surface area contributed by atoms with E-state index < -0.39 is 60.2 Å². The molecule has 1 aromatic heterocycles. The Labute approximate surface area is 203 Å². The van der Waals surface area contributed by atoms with Crippen LogP contribution in [-0.2, 0) is 30.4 Å². The lowest BCUT2D eigenvalue weighted by molar-refractivity contribution is -0.143. The number of carboxylic acid groups (broad SMARTS) is 2. The summed E-state index contributed by atoms with van der Waals surface area (Å²) in [6, 6.07) is -4.88. The molecule has 5 atom stereocenters. The van der Waals surface area contributed by atoms with Crippen LogP contribution in [0.15, 0.2) is 12.5 Å². The first-order chi connectivity index (χ1) is 16.3. The van der Waals surface area contributed by atoms with Gasteiger partial charge in [0.15, 0.2) is 0 Å². The first-order valence-corrected chi connectivity index (χ1v) is 11.4. The van der Waals surface area contributed by atoms with Gasteiger partial charge >= 0.3 is 11.9 Å². The maximum absolute atomic E-state index is 12.9. The van der Waals surface area contributed by atoms with Gasteiger partial charge in [0.25, 0.3) is 0 Å². The second kappa shape index (κ2) is 14.0. The fourth-order valence-corrected chi connectivity index (χ4v) is 3.23. The minimum absolute atomic E-state index is 0.0609. The van der Waals surface area contributed by atoms with Crippen molar-refractivity contribution < 1.29 is 34.2 Å². The number of aliphatic carboxylic acids is 2. The van der Waals surface area contributed by atoms with E-state index >= 15 is 0 Å². The number of imidazole rings is 1. The van der Waals surface area contributed by atoms with Gasteiger partial charge in [-0.15, -0.1) is 0 Å². The van der Waals surface area contributed by atoms with Crippen molar-refractivity contribution in [3.8, 4) is 0 Å². The molecular formula is C22H36N6O7. The molecule has 0 spiro atoms. The maximum atomic E-state index is 12.9. The molecular weight excluding hydrogens is 460 g/mol. The quantitative estimate of drug-likeness (QED) is 0.164. The van der Waals surface area contributed by atoms with Gasteiger partial charge in [-0.1, -0.05) is 34.1 Å². The third-order valence-corrected chi connectivity index (χ3v) is 5.51. The minimum Gasteiger partial charge on any atom is -0.481 e. The summed E-state index contributed by atoms with van der Waals surface area (Å²) in [5.74, 6) is -5.22. The molecule has 13 nitrogen and oxygen atoms in total. The monoisotopic (exact) mass is 496 g/mol. The molecule has 0 aliphatic rings. The van der Waals surface area contributed by atoms with Crippen molar-refractivity contribution >= 4 is 29.7 Å². The fourth-order valence-electron chi connectivity index (χ4n) is 3.23. The standard InChI is InChI=1S/C22H36N6O7/c1-5-12(4)18(23)21(33)27-15(8-17(29)30)20(32)26-14(6-11(2)3)19(31)28-16(22(34)35)7-13-9-24-10-25-13/h9-12,14-16,18H,5-8,23H2,1-4H3,(H,24,25)(H,26,32)(H,27,33)(H,28,31)(H,29,30)(H,34,35). The summed E-state index contributed by atoms with van der Waals surface area (Å²) in [5, 5.41) is 25.9. The average molecular weight is 497 g/mol. The van der Waals surface area contributed by atoms with Crippen LogP contribution in [-0.4, -0.2) is 74.0 Å². The summed E-state index contributed by atoms with van der Waals surface area (Å²) in [6.07, 6.45) is 2.77. The number of carbonyl (C=O) groups is 5. The molecule has 196 valence electrons. The van der Waals surface area contributed by atoms with Gasteiger partial charge in [0, 0.05) is 18.3 Å². The van der Waals surface area contributed by atoms with Gasteiger partial charge in [-0.05, 0) is 18.3 Å². The highest BCUT2D eigenvalue weighted by Gasteiger charge is 2.32. The number of nitrogens with two attached hydrogens (primary N) is 1. The van der Waals surface area contributed by atoms with Gasteiger partial charge in [0.2, 0.25) is 17.7 Å². The molecule has 13 heteroatoms. The summed E-state index contributed by atoms with van der Waals surface area (Å²) in [7, 11) is 0. The molecule has 0 aliphatic carbocycles. The summed E-state index contributed by atoms with van der Waals surface area (Å²) >= 11 is 0. The average Bonchev–Trinajstić information content (AvgIpc) is 3.28. The van der Waals surface area contributed by atoms with Gasteiger partial charge in [0.1, 0.15) is 18.1 Å². The Morgan fingerprint density at radius 3 is 2.03 bits per heavy atom. The molecule has 35 heavy (non-hydrogen) atoms. The van der Waals surface area contributed by atoms with Crippen molar-refractivity contribution in [1.29, 1.82) is 0 Å². The second-order valence-corrected chi connectivity index (χ2v) is 8.94. The first kappa shape index (κ1) is 29.6. The summed E-state index contributed by atoms with van der Waals surface area (Å²) < 4.78 is 0. The SMILES string of the molecule is CCC(C)C(N)C(=O)NC(CC(=O)O)C(=O)NC(CC(C)C)C(=O)NC(Cc1cnc[nH]1)C(=O)O. The van der Waals surface area contributed by atoms with Crippen LogP contribution >= 0.6 is 0 Å². The van der Waals surface area contributed by atoms with Crippen molar-refractivity contribution in [3.63, 3.8) is 0 Å². The number of carboxylic acids is 2. The predicted molar refractivity (Wildman–Crippen MR) is 125 cm³/mol. The lowest BCUT2D eigenvalue weighted by Crippen LogP contribution is -2.58. The molecule has 1 heterocycles. The molecule has 0 saturated heterocycles. The normalized spacial score (nSPS) is 15.4. The van der Waals surface area contributed by atoms with E-state index in [-0.39, 0.29) is 24.7 Å². The van der Waals surface area contributed by atoms with E-state index in [4.69, 9.17) is 5.73 Å². The number of nitrogens with one attached hydrogen (secondary N) is 4. The van der Waals surface area contributed by atoms with E-state index in [1.165, 1.54) is 12.5 Å². The second-order valence-electron chi connectivity index (χ2n) is 8.94. The number of amides is 3. The number of rotatable bonds is 15. The Hall–Kier alpha value is -3.48. The number of aromatic amines is 1. The van der Waals surface area contributed by atoms with Crippen molar-refractivity contribution in [3.05, 3.63) is 18.2 Å². The van der Waals surface area contributed by atoms with Crippen LogP contribution in [0, 0.1) is 11.8 Å². The van der Waals surface area contributed by atoms with Gasteiger partial charge in [-0.25, -0.2) is 9.78 Å². The van der Waals surface area contributed by atoms with Crippen molar-refractivity contribution in [1.82, 2.24) is 25.9 Å². The molecule has 0 fully saturated rings. The molecule has 0 saturated carbocycles. The predicted octanol–water partition coefficient (Wildman–Crippen LogP) is -0.615. The molecule has 0 bridgehead atoms. The van der Waals surface area contributed by atoms with Crippen LogP contribution in [0.3, 0.4) is 0 Å². The Kier molecular flexibility index (Phi) is 11.9. The van der Waals surface area contributed by atoms with Crippen LogP contribution in [0.4, 0.5) is 0 Å². The first-order valence-electron chi connectivity index (χ1n) is 11.4. The Morgan fingerprint density at radius 1 is 0.971 bits per heavy atom. The van der Waals surface area contributed by atoms with Crippen LogP contribution in [0.5, 0.6) is 0 Å². The zero-order valence-corrected chi connectivity index (χ0v) is 20.4. The van der Waals surface area contributed by atoms with Gasteiger partial charge < -0.3 is 36.9 Å². The molecule has 0 aliphatic heterocycles. The van der Waals surface area contributed by atoms with Gasteiger partial charge in [0.05, 0.1) is 18.8 Å². The summed E-state index contributed by atoms with van der Waals surface area (Å²) in [4.78, 5) is 67.8. The zero-order chi connectivity index (χ0) is 26.7. The number of aromatic nitrogens is 2. The Morgan fingerprint density at radius 2 is 1.54 bits per heavy atom. The van der Waals surface area contributed by atoms with Crippen LogP contribution in [0.25, 0.3) is 0 Å². The third kappa shape index (κ3) is 10.1. The van der Waals surface area contributed by atoms with E-state index in [0.29, 0.717) is 12.1 Å². The van der Waals surface area contributed by atoms with E-state index in [1.54, 1.807) is 20.8 Å². The van der Waals surface area contributed by atoms with Crippen LogP contribution in [0.2, 0.25) is 0 Å². The smallest absolute Gasteiger partial charge is 0.326 e. The highest BCUT2D eigenvalue weighted by molar-refractivity contribution is 5.95. The van der Waals surface area contributed by atoms with E-state index in [2.05, 4.69) is 25.9 Å². The largest absolute Gasteiger partial charge is 0.481 e. The van der Waals surface area contributed by atoms with E-state index in [0.717, 1.165) is 0 Å². The molecule has 3 amide bonds. The number of nitrogens with zero attached hydrogens (tertiary/aromatic N) is 1. The highest BCUT2D eigenvalue weighted by atomic mass is 16.4. The molecule has 0 radical (unpaired) electrons. The number of H-pyrrole nitrogens is 1. The number of hydrogen-bond donors (Lipinski definition) is 7. The Bertz CT molecular complexity index is 874. The lowest BCUT2D eigenvalue weighted by Gasteiger charge is -2.26. The molecule has 1 aromatic rings. The van der Waals surface area contributed by atoms with Crippen LogP contribution in [0.1, 0.15) is 52.7 Å². The van der Waals surface area contributed by atoms with E-state index in [9.17, 15) is 34.2 Å². The molecule has 5 unspecified atom stereocenters. The van der Waals surface area contributed by atoms with Gasteiger partial charge in [-0.3, -0.25) is 19.2 Å². The maximum Gasteiger partial charge on any atom is 0.326 e. The van der Waals surface area contributed by atoms with Crippen LogP contribution < -0.4 is 21.7 Å². The minimum atomic E-state index is -1.47. The molecule has 8 N–H and O–H groups in total. The molecule has 0 aromatic carbocycles. The number of carbonyl (C=O) groups excluding carboxylic acids is 3. The topological polar surface area (TPSA) is 217 Å². The van der Waals surface area contributed by atoms with Crippen molar-refractivity contribution in [2.24, 2.45) is 17.6 Å².